The van der Waals surface area contributed by atoms with E-state index in [1.807, 2.05) is 62.4 Å². The van der Waals surface area contributed by atoms with Gasteiger partial charge in [0.05, 0.1) is 33.2 Å². The van der Waals surface area contributed by atoms with Crippen molar-refractivity contribution in [3.63, 3.8) is 0 Å². The molecule has 0 aliphatic heterocycles. The summed E-state index contributed by atoms with van der Waals surface area (Å²) in [5.74, 6) is 0.293. The lowest BCUT2D eigenvalue weighted by Crippen LogP contribution is -2.39. The summed E-state index contributed by atoms with van der Waals surface area (Å²) in [4.78, 5) is 34.1. The Labute approximate surface area is 208 Å². The Hall–Kier alpha value is -3.15. The van der Waals surface area contributed by atoms with E-state index in [9.17, 15) is 9.59 Å². The lowest BCUT2D eigenvalue weighted by molar-refractivity contribution is 0.0659. The summed E-state index contributed by atoms with van der Waals surface area (Å²) in [6.07, 6.45) is 1.30. The van der Waals surface area contributed by atoms with E-state index in [2.05, 4.69) is 0 Å². The van der Waals surface area contributed by atoms with E-state index < -0.39 is 6.04 Å². The number of nitrogens with zero attached hydrogens (tertiary/aromatic N) is 3. The zero-order valence-corrected chi connectivity index (χ0v) is 20.6. The van der Waals surface area contributed by atoms with E-state index in [4.69, 9.17) is 28.2 Å². The molecule has 7 heteroatoms. The van der Waals surface area contributed by atoms with Crippen LogP contribution in [0.4, 0.5) is 0 Å². The van der Waals surface area contributed by atoms with Gasteiger partial charge in [-0.3, -0.25) is 14.2 Å². The molecule has 1 unspecified atom stereocenters. The molecule has 0 saturated carbocycles. The molecule has 1 amide bonds. The average molecular weight is 494 g/mol. The normalized spacial score (nSPS) is 12.0. The van der Waals surface area contributed by atoms with Crippen LogP contribution in [0.25, 0.3) is 16.6 Å². The highest BCUT2D eigenvalue weighted by atomic mass is 35.5. The molecule has 0 spiro atoms. The van der Waals surface area contributed by atoms with Gasteiger partial charge in [-0.05, 0) is 55.3 Å². The van der Waals surface area contributed by atoms with E-state index in [0.29, 0.717) is 51.0 Å². The molecule has 1 atom stereocenters. The SMILES string of the molecule is CCCN(C(=O)c1ccc(Cl)cc1Cl)C(CC)c1nc2ccccc2c(=O)n1-c1ccccc1. The van der Waals surface area contributed by atoms with Gasteiger partial charge in [0, 0.05) is 11.6 Å². The summed E-state index contributed by atoms with van der Waals surface area (Å²) in [7, 11) is 0. The molecule has 0 aliphatic carbocycles. The standard InChI is InChI=1S/C27H25Cl2N3O2/c1-3-16-31(26(33)20-15-14-18(28)17-22(20)29)24(4-2)25-30-23-13-9-8-12-21(23)27(34)32(25)19-10-6-5-7-11-19/h5-15,17,24H,3-4,16H2,1-2H3. The van der Waals surface area contributed by atoms with Crippen LogP contribution >= 0.6 is 23.2 Å². The fraction of sp³-hybridized carbons (Fsp3) is 0.222. The summed E-state index contributed by atoms with van der Waals surface area (Å²) in [6.45, 7) is 4.48. The van der Waals surface area contributed by atoms with Gasteiger partial charge in [0.15, 0.2) is 0 Å². The second kappa shape index (κ2) is 10.4. The van der Waals surface area contributed by atoms with Crippen LogP contribution in [-0.2, 0) is 0 Å². The minimum atomic E-state index is -0.447. The first-order valence-corrected chi connectivity index (χ1v) is 12.0. The third-order valence-corrected chi connectivity index (χ3v) is 6.31. The molecule has 0 saturated heterocycles. The summed E-state index contributed by atoms with van der Waals surface area (Å²) in [6, 6.07) is 21.1. The van der Waals surface area contributed by atoms with Crippen molar-refractivity contribution in [2.45, 2.75) is 32.7 Å². The van der Waals surface area contributed by atoms with E-state index in [1.165, 1.54) is 0 Å². The number of carbonyl (C=O) groups excluding carboxylic acids is 1. The van der Waals surface area contributed by atoms with Crippen molar-refractivity contribution in [3.8, 4) is 5.69 Å². The first kappa shape index (κ1) is 24.0. The molecule has 4 rings (SSSR count). The minimum Gasteiger partial charge on any atom is -0.328 e. The topological polar surface area (TPSA) is 55.2 Å². The quantitative estimate of drug-likeness (QED) is 0.288. The molecule has 0 aliphatic rings. The number of hydrogen-bond donors (Lipinski definition) is 0. The Bertz CT molecular complexity index is 1390. The Morgan fingerprint density at radius 3 is 2.38 bits per heavy atom. The molecule has 4 aromatic rings. The maximum Gasteiger partial charge on any atom is 0.266 e. The van der Waals surface area contributed by atoms with Gasteiger partial charge in [0.1, 0.15) is 5.82 Å². The van der Waals surface area contributed by atoms with Gasteiger partial charge in [-0.25, -0.2) is 4.98 Å². The molecule has 1 heterocycles. The third kappa shape index (κ3) is 4.59. The zero-order chi connectivity index (χ0) is 24.2. The van der Waals surface area contributed by atoms with Crippen molar-refractivity contribution in [3.05, 3.63) is 105 Å². The number of para-hydroxylation sites is 2. The smallest absolute Gasteiger partial charge is 0.266 e. The second-order valence-electron chi connectivity index (χ2n) is 8.01. The number of amides is 1. The molecule has 0 radical (unpaired) electrons. The summed E-state index contributed by atoms with van der Waals surface area (Å²) >= 11 is 12.4. The molecule has 5 nitrogen and oxygen atoms in total. The van der Waals surface area contributed by atoms with Crippen molar-refractivity contribution in [1.82, 2.24) is 14.5 Å². The van der Waals surface area contributed by atoms with Crippen LogP contribution in [0.15, 0.2) is 77.6 Å². The fourth-order valence-corrected chi connectivity index (χ4v) is 4.69. The number of carbonyl (C=O) groups is 1. The molecular weight excluding hydrogens is 469 g/mol. The molecule has 0 fully saturated rings. The Balaban J connectivity index is 1.94. The number of rotatable bonds is 7. The number of fused-ring (bicyclic) bond motifs is 1. The van der Waals surface area contributed by atoms with E-state index in [-0.39, 0.29) is 11.5 Å². The first-order valence-electron chi connectivity index (χ1n) is 11.3. The second-order valence-corrected chi connectivity index (χ2v) is 8.85. The van der Waals surface area contributed by atoms with Gasteiger partial charge >= 0.3 is 0 Å². The summed E-state index contributed by atoms with van der Waals surface area (Å²) in [5.41, 5.74) is 1.50. The lowest BCUT2D eigenvalue weighted by atomic mass is 10.1. The summed E-state index contributed by atoms with van der Waals surface area (Å²) in [5, 5.41) is 1.28. The van der Waals surface area contributed by atoms with E-state index in [1.54, 1.807) is 33.7 Å². The molecule has 34 heavy (non-hydrogen) atoms. The van der Waals surface area contributed by atoms with Crippen LogP contribution in [-0.4, -0.2) is 26.9 Å². The minimum absolute atomic E-state index is 0.168. The maximum atomic E-state index is 13.7. The highest BCUT2D eigenvalue weighted by molar-refractivity contribution is 6.36. The van der Waals surface area contributed by atoms with Crippen molar-refractivity contribution < 1.29 is 4.79 Å². The highest BCUT2D eigenvalue weighted by Crippen LogP contribution is 2.30. The lowest BCUT2D eigenvalue weighted by Gasteiger charge is -2.32. The van der Waals surface area contributed by atoms with Gasteiger partial charge in [-0.1, -0.05) is 67.4 Å². The molecule has 0 N–H and O–H groups in total. The van der Waals surface area contributed by atoms with Gasteiger partial charge in [-0.2, -0.15) is 0 Å². The number of benzene rings is 3. The molecular formula is C27H25Cl2N3O2. The van der Waals surface area contributed by atoms with Crippen LogP contribution in [0.3, 0.4) is 0 Å². The van der Waals surface area contributed by atoms with Crippen LogP contribution in [0.1, 0.15) is 48.9 Å². The van der Waals surface area contributed by atoms with Gasteiger partial charge in [-0.15, -0.1) is 0 Å². The molecule has 0 bridgehead atoms. The molecule has 174 valence electrons. The number of aromatic nitrogens is 2. The zero-order valence-electron chi connectivity index (χ0n) is 19.0. The van der Waals surface area contributed by atoms with Crippen molar-refractivity contribution in [2.24, 2.45) is 0 Å². The average Bonchev–Trinajstić information content (AvgIpc) is 2.84. The van der Waals surface area contributed by atoms with Crippen LogP contribution in [0, 0.1) is 0 Å². The number of hydrogen-bond acceptors (Lipinski definition) is 3. The predicted molar refractivity (Wildman–Crippen MR) is 138 cm³/mol. The molecule has 3 aromatic carbocycles. The Kier molecular flexibility index (Phi) is 7.35. The van der Waals surface area contributed by atoms with E-state index >= 15 is 0 Å². The van der Waals surface area contributed by atoms with Crippen LogP contribution < -0.4 is 5.56 Å². The maximum absolute atomic E-state index is 13.7. The van der Waals surface area contributed by atoms with Gasteiger partial charge in [0.2, 0.25) is 0 Å². The molecule has 1 aromatic heterocycles. The number of halogens is 2. The largest absolute Gasteiger partial charge is 0.328 e. The summed E-state index contributed by atoms with van der Waals surface area (Å²) < 4.78 is 1.62. The van der Waals surface area contributed by atoms with Gasteiger partial charge < -0.3 is 4.90 Å². The monoisotopic (exact) mass is 493 g/mol. The highest BCUT2D eigenvalue weighted by Gasteiger charge is 2.30. The van der Waals surface area contributed by atoms with Crippen molar-refractivity contribution in [2.75, 3.05) is 6.54 Å². The van der Waals surface area contributed by atoms with Crippen LogP contribution in [0.2, 0.25) is 10.0 Å². The predicted octanol–water partition coefficient (Wildman–Crippen LogP) is 6.70. The van der Waals surface area contributed by atoms with E-state index in [0.717, 1.165) is 6.42 Å². The first-order chi connectivity index (χ1) is 16.5. The van der Waals surface area contributed by atoms with Gasteiger partial charge in [0.25, 0.3) is 11.5 Å². The Morgan fingerprint density at radius 2 is 1.71 bits per heavy atom. The fourth-order valence-electron chi connectivity index (χ4n) is 4.20. The van der Waals surface area contributed by atoms with Crippen LogP contribution in [0.5, 0.6) is 0 Å². The van der Waals surface area contributed by atoms with Crippen molar-refractivity contribution >= 4 is 40.0 Å². The van der Waals surface area contributed by atoms with Crippen molar-refractivity contribution in [1.29, 1.82) is 0 Å². The third-order valence-electron chi connectivity index (χ3n) is 5.76. The Morgan fingerprint density at radius 1 is 1.00 bits per heavy atom.